The molecule has 0 bridgehead atoms. The SMILES string of the molecule is Cc1ccc(-n2nc(C)c3c(C)c(CCC(=O)NCCCN4CCCC4=O)c(C)nc32)cc1C. The maximum Gasteiger partial charge on any atom is 0.222 e. The number of carbonyl (C=O) groups is 2. The van der Waals surface area contributed by atoms with E-state index in [1.807, 2.05) is 23.4 Å². The number of aryl methyl sites for hydroxylation is 5. The molecule has 1 fully saturated rings. The third-order valence-corrected chi connectivity index (χ3v) is 7.01. The molecule has 2 amide bonds. The van der Waals surface area contributed by atoms with Gasteiger partial charge >= 0.3 is 0 Å². The van der Waals surface area contributed by atoms with Crippen LogP contribution in [0.25, 0.3) is 16.7 Å². The highest BCUT2D eigenvalue weighted by Crippen LogP contribution is 2.28. The molecule has 0 aliphatic carbocycles. The number of amides is 2. The maximum atomic E-state index is 12.4. The van der Waals surface area contributed by atoms with Gasteiger partial charge in [0.25, 0.3) is 0 Å². The molecule has 1 aliphatic heterocycles. The summed E-state index contributed by atoms with van der Waals surface area (Å²) >= 11 is 0. The zero-order valence-electron chi connectivity index (χ0n) is 21.0. The van der Waals surface area contributed by atoms with Crippen LogP contribution in [0, 0.1) is 34.6 Å². The predicted octanol–water partition coefficient (Wildman–Crippen LogP) is 4.02. The van der Waals surface area contributed by atoms with E-state index >= 15 is 0 Å². The molecule has 0 atom stereocenters. The van der Waals surface area contributed by atoms with Crippen molar-refractivity contribution in [1.82, 2.24) is 25.0 Å². The summed E-state index contributed by atoms with van der Waals surface area (Å²) in [7, 11) is 0. The van der Waals surface area contributed by atoms with E-state index in [4.69, 9.17) is 10.1 Å². The Kier molecular flexibility index (Phi) is 7.00. The van der Waals surface area contributed by atoms with Crippen LogP contribution in [0.5, 0.6) is 0 Å². The highest BCUT2D eigenvalue weighted by Gasteiger charge is 2.20. The molecule has 2 aromatic heterocycles. The van der Waals surface area contributed by atoms with Gasteiger partial charge in [0.05, 0.1) is 11.4 Å². The van der Waals surface area contributed by atoms with Crippen LogP contribution in [0.4, 0.5) is 0 Å². The Balaban J connectivity index is 1.44. The molecule has 0 saturated carbocycles. The van der Waals surface area contributed by atoms with Gasteiger partial charge in [-0.15, -0.1) is 0 Å². The van der Waals surface area contributed by atoms with Gasteiger partial charge in [-0.2, -0.15) is 5.10 Å². The van der Waals surface area contributed by atoms with Crippen molar-refractivity contribution in [3.05, 3.63) is 51.8 Å². The highest BCUT2D eigenvalue weighted by molar-refractivity contribution is 5.85. The lowest BCUT2D eigenvalue weighted by Crippen LogP contribution is -2.30. The van der Waals surface area contributed by atoms with Crippen molar-refractivity contribution >= 4 is 22.8 Å². The van der Waals surface area contributed by atoms with Crippen molar-refractivity contribution in [1.29, 1.82) is 0 Å². The number of hydrogen-bond donors (Lipinski definition) is 1. The van der Waals surface area contributed by atoms with Gasteiger partial charge in [0.15, 0.2) is 5.65 Å². The minimum Gasteiger partial charge on any atom is -0.356 e. The van der Waals surface area contributed by atoms with E-state index in [1.165, 1.54) is 11.1 Å². The van der Waals surface area contributed by atoms with Gasteiger partial charge in [0, 0.05) is 43.6 Å². The fourth-order valence-electron chi connectivity index (χ4n) is 4.88. The molecule has 1 aliphatic rings. The second kappa shape index (κ2) is 9.95. The molecule has 1 aromatic carbocycles. The lowest BCUT2D eigenvalue weighted by atomic mass is 9.99. The Morgan fingerprint density at radius 3 is 2.59 bits per heavy atom. The Hall–Kier alpha value is -3.22. The first-order chi connectivity index (χ1) is 16.3. The summed E-state index contributed by atoms with van der Waals surface area (Å²) in [5.41, 5.74) is 8.50. The van der Waals surface area contributed by atoms with Gasteiger partial charge < -0.3 is 10.2 Å². The van der Waals surface area contributed by atoms with Gasteiger partial charge in [0.1, 0.15) is 0 Å². The van der Waals surface area contributed by atoms with Crippen LogP contribution >= 0.6 is 0 Å². The molecule has 3 heterocycles. The number of nitrogens with zero attached hydrogens (tertiary/aromatic N) is 4. The zero-order valence-corrected chi connectivity index (χ0v) is 21.0. The van der Waals surface area contributed by atoms with E-state index in [0.717, 1.165) is 65.2 Å². The van der Waals surface area contributed by atoms with E-state index < -0.39 is 0 Å². The Labute approximate surface area is 201 Å². The van der Waals surface area contributed by atoms with Crippen LogP contribution in [0.15, 0.2) is 18.2 Å². The molecule has 0 radical (unpaired) electrons. The minimum atomic E-state index is 0.0363. The average molecular weight is 462 g/mol. The van der Waals surface area contributed by atoms with Crippen molar-refractivity contribution in [3.8, 4) is 5.69 Å². The molecular formula is C27H35N5O2. The van der Waals surface area contributed by atoms with E-state index in [1.54, 1.807) is 0 Å². The summed E-state index contributed by atoms with van der Waals surface area (Å²) in [5.74, 6) is 0.269. The molecule has 4 rings (SSSR count). The number of pyridine rings is 1. The zero-order chi connectivity index (χ0) is 24.4. The Morgan fingerprint density at radius 1 is 1.09 bits per heavy atom. The summed E-state index contributed by atoms with van der Waals surface area (Å²) < 4.78 is 1.93. The predicted molar refractivity (Wildman–Crippen MR) is 134 cm³/mol. The molecule has 0 unspecified atom stereocenters. The molecule has 7 nitrogen and oxygen atoms in total. The average Bonchev–Trinajstić information content (AvgIpc) is 3.35. The minimum absolute atomic E-state index is 0.0363. The molecule has 3 aromatic rings. The van der Waals surface area contributed by atoms with Gasteiger partial charge in [-0.1, -0.05) is 6.07 Å². The van der Waals surface area contributed by atoms with Crippen LogP contribution in [-0.2, 0) is 16.0 Å². The largest absolute Gasteiger partial charge is 0.356 e. The number of rotatable bonds is 8. The smallest absolute Gasteiger partial charge is 0.222 e. The molecule has 7 heteroatoms. The normalized spacial score (nSPS) is 13.8. The number of aromatic nitrogens is 3. The van der Waals surface area contributed by atoms with Crippen LogP contribution < -0.4 is 5.32 Å². The summed E-state index contributed by atoms with van der Waals surface area (Å²) in [6, 6.07) is 6.34. The van der Waals surface area contributed by atoms with Crippen LogP contribution in [0.1, 0.15) is 59.3 Å². The topological polar surface area (TPSA) is 80.1 Å². The third-order valence-electron chi connectivity index (χ3n) is 7.01. The second-order valence-corrected chi connectivity index (χ2v) is 9.45. The number of carbonyl (C=O) groups excluding carboxylic acids is 2. The monoisotopic (exact) mass is 461 g/mol. The first kappa shape index (κ1) is 23.9. The number of benzene rings is 1. The quantitative estimate of drug-likeness (QED) is 0.514. The van der Waals surface area contributed by atoms with Crippen molar-refractivity contribution in [2.75, 3.05) is 19.6 Å². The Morgan fingerprint density at radius 2 is 1.88 bits per heavy atom. The molecular weight excluding hydrogens is 426 g/mol. The van der Waals surface area contributed by atoms with Gasteiger partial charge in [-0.3, -0.25) is 9.59 Å². The van der Waals surface area contributed by atoms with Crippen molar-refractivity contribution < 1.29 is 9.59 Å². The first-order valence-electron chi connectivity index (χ1n) is 12.2. The van der Waals surface area contributed by atoms with E-state index in [2.05, 4.69) is 44.3 Å². The van der Waals surface area contributed by atoms with E-state index in [-0.39, 0.29) is 11.8 Å². The van der Waals surface area contributed by atoms with Gasteiger partial charge in [-0.05, 0) is 88.3 Å². The summed E-state index contributed by atoms with van der Waals surface area (Å²) in [4.78, 5) is 30.9. The lowest BCUT2D eigenvalue weighted by molar-refractivity contribution is -0.127. The molecule has 34 heavy (non-hydrogen) atoms. The first-order valence-corrected chi connectivity index (χ1v) is 12.2. The van der Waals surface area contributed by atoms with Crippen LogP contribution in [0.2, 0.25) is 0 Å². The Bertz CT molecular complexity index is 1240. The fourth-order valence-corrected chi connectivity index (χ4v) is 4.88. The lowest BCUT2D eigenvalue weighted by Gasteiger charge is -2.15. The number of hydrogen-bond acceptors (Lipinski definition) is 4. The summed E-state index contributed by atoms with van der Waals surface area (Å²) in [6.07, 6.45) is 3.46. The second-order valence-electron chi connectivity index (χ2n) is 9.45. The molecule has 0 spiro atoms. The summed E-state index contributed by atoms with van der Waals surface area (Å²) in [6.45, 7) is 12.5. The molecule has 180 valence electrons. The fraction of sp³-hybridized carbons (Fsp3) is 0.481. The highest BCUT2D eigenvalue weighted by atomic mass is 16.2. The van der Waals surface area contributed by atoms with E-state index in [9.17, 15) is 9.59 Å². The van der Waals surface area contributed by atoms with Crippen LogP contribution in [0.3, 0.4) is 0 Å². The van der Waals surface area contributed by atoms with Crippen LogP contribution in [-0.4, -0.2) is 51.1 Å². The van der Waals surface area contributed by atoms with Gasteiger partial charge in [0.2, 0.25) is 11.8 Å². The maximum absolute atomic E-state index is 12.4. The number of nitrogens with one attached hydrogen (secondary N) is 1. The van der Waals surface area contributed by atoms with Crippen molar-refractivity contribution in [3.63, 3.8) is 0 Å². The number of likely N-dealkylation sites (tertiary alicyclic amines) is 1. The number of fused-ring (bicyclic) bond motifs is 1. The third kappa shape index (κ3) is 4.83. The standard InChI is InChI=1S/C27H35N5O2/c1-17-9-10-22(16-18(17)2)32-27-26(21(5)30-32)19(3)23(20(4)29-27)11-12-24(33)28-13-7-15-31-14-6-8-25(31)34/h9-10,16H,6-8,11-15H2,1-5H3,(H,28,33). The van der Waals surface area contributed by atoms with E-state index in [0.29, 0.717) is 25.8 Å². The van der Waals surface area contributed by atoms with Crippen molar-refractivity contribution in [2.45, 2.75) is 66.7 Å². The van der Waals surface area contributed by atoms with Crippen molar-refractivity contribution in [2.24, 2.45) is 0 Å². The molecule has 1 N–H and O–H groups in total. The summed E-state index contributed by atoms with van der Waals surface area (Å²) in [5, 5.41) is 8.87. The molecule has 1 saturated heterocycles. The van der Waals surface area contributed by atoms with Gasteiger partial charge in [-0.25, -0.2) is 9.67 Å².